The van der Waals surface area contributed by atoms with Gasteiger partial charge in [0, 0.05) is 11.5 Å². The van der Waals surface area contributed by atoms with Gasteiger partial charge in [0.25, 0.3) is 11.8 Å². The van der Waals surface area contributed by atoms with Gasteiger partial charge in [-0.15, -0.1) is 0 Å². The van der Waals surface area contributed by atoms with Gasteiger partial charge in [0.05, 0.1) is 18.8 Å². The van der Waals surface area contributed by atoms with Crippen molar-refractivity contribution in [1.29, 1.82) is 0 Å². The minimum Gasteiger partial charge on any atom is -0.459 e. The second-order valence-corrected chi connectivity index (χ2v) is 4.78. The van der Waals surface area contributed by atoms with Crippen LogP contribution in [0.25, 0.3) is 11.0 Å². The number of fused-ring (bicyclic) bond motifs is 1. The lowest BCUT2D eigenvalue weighted by Crippen LogP contribution is -2.34. The van der Waals surface area contributed by atoms with Crippen molar-refractivity contribution in [3.63, 3.8) is 0 Å². The van der Waals surface area contributed by atoms with E-state index < -0.39 is 11.8 Å². The number of hydrogen-bond acceptors (Lipinski definition) is 5. The number of aryl methyl sites for hydroxylation is 1. The van der Waals surface area contributed by atoms with Crippen LogP contribution in [0.15, 0.2) is 40.5 Å². The monoisotopic (exact) mass is 286 g/mol. The molecule has 108 valence electrons. The van der Waals surface area contributed by atoms with Crippen molar-refractivity contribution in [2.24, 2.45) is 0 Å². The summed E-state index contributed by atoms with van der Waals surface area (Å²) >= 11 is 0. The van der Waals surface area contributed by atoms with E-state index in [1.165, 1.54) is 6.08 Å². The van der Waals surface area contributed by atoms with Crippen LogP contribution in [0.5, 0.6) is 0 Å². The summed E-state index contributed by atoms with van der Waals surface area (Å²) < 4.78 is 5.61. The van der Waals surface area contributed by atoms with Gasteiger partial charge in [-0.2, -0.15) is 0 Å². The van der Waals surface area contributed by atoms with Gasteiger partial charge >= 0.3 is 0 Å². The van der Waals surface area contributed by atoms with Gasteiger partial charge in [-0.25, -0.2) is 0 Å². The van der Waals surface area contributed by atoms with Gasteiger partial charge < -0.3 is 14.8 Å². The van der Waals surface area contributed by atoms with Crippen molar-refractivity contribution in [1.82, 2.24) is 4.90 Å². The van der Waals surface area contributed by atoms with Crippen molar-refractivity contribution >= 4 is 28.5 Å². The molecule has 1 aliphatic rings. The van der Waals surface area contributed by atoms with E-state index in [1.807, 2.05) is 25.1 Å². The summed E-state index contributed by atoms with van der Waals surface area (Å²) in [4.78, 5) is 24.8. The van der Waals surface area contributed by atoms with Gasteiger partial charge in [0.15, 0.2) is 5.58 Å². The second kappa shape index (κ2) is 5.06. The van der Waals surface area contributed by atoms with Gasteiger partial charge in [-0.1, -0.05) is 12.1 Å². The Labute approximate surface area is 120 Å². The van der Waals surface area contributed by atoms with E-state index in [2.05, 4.69) is 5.32 Å². The van der Waals surface area contributed by atoms with E-state index in [9.17, 15) is 9.59 Å². The molecule has 0 fully saturated rings. The first-order valence-electron chi connectivity index (χ1n) is 6.54. The van der Waals surface area contributed by atoms with Crippen LogP contribution in [-0.4, -0.2) is 35.0 Å². The zero-order chi connectivity index (χ0) is 15.0. The third-order valence-electron chi connectivity index (χ3n) is 3.27. The van der Waals surface area contributed by atoms with Gasteiger partial charge in [0.2, 0.25) is 0 Å². The van der Waals surface area contributed by atoms with Crippen LogP contribution >= 0.6 is 0 Å². The highest BCUT2D eigenvalue weighted by Gasteiger charge is 2.30. The number of hydrogen-bond donors (Lipinski definition) is 2. The SMILES string of the molecule is Cc1cc2cccc(NC3=CC(=O)N(CCO)C3=O)c2o1. The molecule has 21 heavy (non-hydrogen) atoms. The maximum absolute atomic E-state index is 12.1. The number of nitrogens with one attached hydrogen (secondary N) is 1. The van der Waals surface area contributed by atoms with Gasteiger partial charge in [-0.05, 0) is 19.1 Å². The van der Waals surface area contributed by atoms with Crippen molar-refractivity contribution in [3.8, 4) is 0 Å². The molecule has 1 aromatic heterocycles. The first-order valence-corrected chi connectivity index (χ1v) is 6.54. The average molecular weight is 286 g/mol. The number of imide groups is 1. The van der Waals surface area contributed by atoms with Crippen LogP contribution in [0.3, 0.4) is 0 Å². The molecule has 0 bridgehead atoms. The number of para-hydroxylation sites is 1. The largest absolute Gasteiger partial charge is 0.459 e. The Morgan fingerprint density at radius 3 is 2.90 bits per heavy atom. The molecule has 2 N–H and O–H groups in total. The summed E-state index contributed by atoms with van der Waals surface area (Å²) in [5, 5.41) is 12.7. The Morgan fingerprint density at radius 2 is 2.14 bits per heavy atom. The molecular weight excluding hydrogens is 272 g/mol. The highest BCUT2D eigenvalue weighted by atomic mass is 16.3. The molecule has 2 heterocycles. The van der Waals surface area contributed by atoms with E-state index in [1.54, 1.807) is 6.07 Å². The summed E-state index contributed by atoms with van der Waals surface area (Å²) in [5.41, 5.74) is 1.44. The first-order chi connectivity index (χ1) is 10.1. The normalized spacial score (nSPS) is 15.0. The average Bonchev–Trinajstić information content (AvgIpc) is 2.94. The Balaban J connectivity index is 1.91. The lowest BCUT2D eigenvalue weighted by atomic mass is 10.2. The number of rotatable bonds is 4. The third-order valence-corrected chi connectivity index (χ3v) is 3.27. The van der Waals surface area contributed by atoms with Gasteiger partial charge in [-0.3, -0.25) is 14.5 Å². The molecule has 2 aromatic rings. The molecular formula is C15H14N2O4. The van der Waals surface area contributed by atoms with E-state index in [0.717, 1.165) is 16.0 Å². The lowest BCUT2D eigenvalue weighted by Gasteiger charge is -2.13. The van der Waals surface area contributed by atoms with Crippen LogP contribution in [0.4, 0.5) is 5.69 Å². The third kappa shape index (κ3) is 2.30. The van der Waals surface area contributed by atoms with E-state index >= 15 is 0 Å². The number of carbonyl (C=O) groups is 2. The standard InChI is InChI=1S/C15H14N2O4/c1-9-7-10-3-2-4-11(14(10)21-9)16-12-8-13(19)17(5-6-18)15(12)20/h2-4,7-8,16,18H,5-6H2,1H3. The number of aliphatic hydroxyl groups excluding tert-OH is 1. The highest BCUT2D eigenvalue weighted by Crippen LogP contribution is 2.28. The Morgan fingerprint density at radius 1 is 1.33 bits per heavy atom. The van der Waals surface area contributed by atoms with E-state index in [0.29, 0.717) is 11.3 Å². The van der Waals surface area contributed by atoms with Crippen molar-refractivity contribution < 1.29 is 19.1 Å². The van der Waals surface area contributed by atoms with Crippen molar-refractivity contribution in [2.45, 2.75) is 6.92 Å². The molecule has 0 radical (unpaired) electrons. The zero-order valence-electron chi connectivity index (χ0n) is 11.4. The topological polar surface area (TPSA) is 82.8 Å². The number of β-amino-alcohol motifs (C(OH)–C–C–N with tert-alkyl or cyclic N) is 1. The van der Waals surface area contributed by atoms with Crippen LogP contribution in [0.1, 0.15) is 5.76 Å². The molecule has 0 saturated heterocycles. The molecule has 1 aliphatic heterocycles. The molecule has 2 amide bonds. The van der Waals surface area contributed by atoms with Crippen LogP contribution in [-0.2, 0) is 9.59 Å². The molecule has 0 aliphatic carbocycles. The van der Waals surface area contributed by atoms with E-state index in [4.69, 9.17) is 9.52 Å². The molecule has 0 unspecified atom stereocenters. The fourth-order valence-corrected chi connectivity index (χ4v) is 2.35. The van der Waals surface area contributed by atoms with E-state index in [-0.39, 0.29) is 18.8 Å². The number of benzene rings is 1. The fraction of sp³-hybridized carbons (Fsp3) is 0.200. The molecule has 0 atom stereocenters. The minimum atomic E-state index is -0.450. The molecule has 0 saturated carbocycles. The first kappa shape index (κ1) is 13.4. The summed E-state index contributed by atoms with van der Waals surface area (Å²) in [6.45, 7) is 1.57. The smallest absolute Gasteiger partial charge is 0.277 e. The molecule has 0 spiro atoms. The number of nitrogens with zero attached hydrogens (tertiary/aromatic N) is 1. The summed E-state index contributed by atoms with van der Waals surface area (Å²) in [6.07, 6.45) is 1.23. The zero-order valence-corrected chi connectivity index (χ0v) is 11.4. The van der Waals surface area contributed by atoms with Gasteiger partial charge in [0.1, 0.15) is 11.5 Å². The molecule has 6 heteroatoms. The predicted octanol–water partition coefficient (Wildman–Crippen LogP) is 1.40. The Kier molecular flexibility index (Phi) is 3.23. The number of amides is 2. The maximum atomic E-state index is 12.1. The molecule has 6 nitrogen and oxygen atoms in total. The Hall–Kier alpha value is -2.60. The summed E-state index contributed by atoms with van der Waals surface area (Å²) in [6, 6.07) is 7.42. The second-order valence-electron chi connectivity index (χ2n) is 4.78. The number of carbonyl (C=O) groups excluding carboxylic acids is 2. The number of furan rings is 1. The predicted molar refractivity (Wildman–Crippen MR) is 76.5 cm³/mol. The number of aliphatic hydroxyl groups is 1. The molecule has 3 rings (SSSR count). The summed E-state index contributed by atoms with van der Waals surface area (Å²) in [7, 11) is 0. The highest BCUT2D eigenvalue weighted by molar-refractivity contribution is 6.17. The van der Waals surface area contributed by atoms with Crippen LogP contribution in [0.2, 0.25) is 0 Å². The lowest BCUT2D eigenvalue weighted by molar-refractivity contribution is -0.137. The Bertz CT molecular complexity index is 760. The van der Waals surface area contributed by atoms with Crippen LogP contribution < -0.4 is 5.32 Å². The quantitative estimate of drug-likeness (QED) is 0.830. The summed E-state index contributed by atoms with van der Waals surface area (Å²) in [5.74, 6) is -0.113. The fourth-order valence-electron chi connectivity index (χ4n) is 2.35. The maximum Gasteiger partial charge on any atom is 0.277 e. The number of anilines is 1. The van der Waals surface area contributed by atoms with Crippen LogP contribution in [0, 0.1) is 6.92 Å². The van der Waals surface area contributed by atoms with Crippen molar-refractivity contribution in [3.05, 3.63) is 41.8 Å². The molecule has 1 aromatic carbocycles. The van der Waals surface area contributed by atoms with Crippen molar-refractivity contribution in [2.75, 3.05) is 18.5 Å². The minimum absolute atomic E-state index is 0.0105.